The van der Waals surface area contributed by atoms with E-state index >= 15 is 0 Å². The first kappa shape index (κ1) is 21.6. The van der Waals surface area contributed by atoms with Crippen molar-refractivity contribution in [2.75, 3.05) is 18.9 Å². The van der Waals surface area contributed by atoms with Crippen molar-refractivity contribution >= 4 is 35.2 Å². The Balaban J connectivity index is 1.97. The zero-order chi connectivity index (χ0) is 20.8. The van der Waals surface area contributed by atoms with Gasteiger partial charge < -0.3 is 10.2 Å². The average molecular weight is 407 g/mol. The van der Waals surface area contributed by atoms with Gasteiger partial charge in [-0.1, -0.05) is 25.4 Å². The van der Waals surface area contributed by atoms with E-state index in [4.69, 9.17) is 11.6 Å². The highest BCUT2D eigenvalue weighted by Crippen LogP contribution is 2.22. The number of benzene rings is 1. The molecule has 0 aliphatic heterocycles. The summed E-state index contributed by atoms with van der Waals surface area (Å²) in [5.41, 5.74) is 1.87. The first-order chi connectivity index (χ1) is 13.2. The molecule has 1 heterocycles. The van der Waals surface area contributed by atoms with E-state index in [1.807, 2.05) is 6.92 Å². The number of hydrogen-bond acceptors (Lipinski definition) is 3. The smallest absolute Gasteiger partial charge is 0.246 e. The Morgan fingerprint density at radius 3 is 2.57 bits per heavy atom. The summed E-state index contributed by atoms with van der Waals surface area (Å²) in [6.45, 7) is 6.51. The molecular formula is C20H24ClFN4O2. The quantitative estimate of drug-likeness (QED) is 0.712. The van der Waals surface area contributed by atoms with Gasteiger partial charge in [0.2, 0.25) is 11.8 Å². The van der Waals surface area contributed by atoms with Gasteiger partial charge >= 0.3 is 0 Å². The number of nitrogens with zero attached hydrogens (tertiary/aromatic N) is 3. The highest BCUT2D eigenvalue weighted by atomic mass is 35.5. The van der Waals surface area contributed by atoms with E-state index in [1.165, 1.54) is 42.3 Å². The van der Waals surface area contributed by atoms with Crippen molar-refractivity contribution in [2.24, 2.45) is 5.92 Å². The van der Waals surface area contributed by atoms with Crippen LogP contribution in [0, 0.1) is 18.7 Å². The lowest BCUT2D eigenvalue weighted by Crippen LogP contribution is -2.33. The number of likely N-dealkylation sites (N-methyl/N-ethyl adjacent to an activating group) is 1. The van der Waals surface area contributed by atoms with Gasteiger partial charge in [-0.15, -0.1) is 0 Å². The van der Waals surface area contributed by atoms with Crippen LogP contribution in [0.2, 0.25) is 5.15 Å². The number of halogens is 2. The molecule has 1 N–H and O–H groups in total. The van der Waals surface area contributed by atoms with Crippen molar-refractivity contribution in [1.82, 2.24) is 14.7 Å². The van der Waals surface area contributed by atoms with Crippen molar-refractivity contribution in [3.05, 3.63) is 52.6 Å². The number of carbonyl (C=O) groups is 2. The highest BCUT2D eigenvalue weighted by molar-refractivity contribution is 6.31. The molecular weight excluding hydrogens is 383 g/mol. The minimum Gasteiger partial charge on any atom is -0.333 e. The van der Waals surface area contributed by atoms with Gasteiger partial charge in [-0.05, 0) is 43.2 Å². The maximum absolute atomic E-state index is 12.9. The van der Waals surface area contributed by atoms with E-state index in [9.17, 15) is 14.0 Å². The van der Waals surface area contributed by atoms with Crippen LogP contribution in [0.3, 0.4) is 0 Å². The third-order valence-electron chi connectivity index (χ3n) is 3.93. The number of aryl methyl sites for hydroxylation is 1. The predicted molar refractivity (Wildman–Crippen MR) is 109 cm³/mol. The van der Waals surface area contributed by atoms with Gasteiger partial charge in [0.25, 0.3) is 0 Å². The maximum Gasteiger partial charge on any atom is 0.246 e. The fraction of sp³-hybridized carbons (Fsp3) is 0.350. The van der Waals surface area contributed by atoms with Gasteiger partial charge in [0, 0.05) is 30.9 Å². The standard InChI is InChI=1S/C20H24ClFN4O2/c1-13(2)11-26-20(21)17(14(3)24-26)9-10-19(28)25(4)12-18(27)23-16-7-5-15(22)6-8-16/h5-10,13H,11-12H2,1-4H3,(H,23,27)/b10-9+. The monoisotopic (exact) mass is 406 g/mol. The molecule has 0 saturated heterocycles. The lowest BCUT2D eigenvalue weighted by molar-refractivity contribution is -0.129. The Labute approximate surface area is 169 Å². The Bertz CT molecular complexity index is 875. The summed E-state index contributed by atoms with van der Waals surface area (Å²) in [5, 5.41) is 7.48. The number of nitrogens with one attached hydrogen (secondary N) is 1. The number of hydrogen-bond donors (Lipinski definition) is 1. The van der Waals surface area contributed by atoms with E-state index in [2.05, 4.69) is 24.3 Å². The lowest BCUT2D eigenvalue weighted by atomic mass is 10.2. The van der Waals surface area contributed by atoms with Crippen LogP contribution >= 0.6 is 11.6 Å². The van der Waals surface area contributed by atoms with Crippen LogP contribution in [0.5, 0.6) is 0 Å². The zero-order valence-electron chi connectivity index (χ0n) is 16.4. The van der Waals surface area contributed by atoms with E-state index in [0.717, 1.165) is 5.69 Å². The summed E-state index contributed by atoms with van der Waals surface area (Å²) in [6.07, 6.45) is 2.97. The number of amides is 2. The van der Waals surface area contributed by atoms with E-state index in [1.54, 1.807) is 10.8 Å². The summed E-state index contributed by atoms with van der Waals surface area (Å²) < 4.78 is 14.6. The Hall–Kier alpha value is -2.67. The predicted octanol–water partition coefficient (Wildman–Crippen LogP) is 3.75. The lowest BCUT2D eigenvalue weighted by Gasteiger charge is -2.14. The number of aromatic nitrogens is 2. The summed E-state index contributed by atoms with van der Waals surface area (Å²) in [6, 6.07) is 5.40. The molecule has 1 aromatic carbocycles. The largest absolute Gasteiger partial charge is 0.333 e. The van der Waals surface area contributed by atoms with E-state index < -0.39 is 0 Å². The molecule has 28 heavy (non-hydrogen) atoms. The molecule has 0 atom stereocenters. The van der Waals surface area contributed by atoms with Crippen LogP contribution < -0.4 is 5.32 Å². The molecule has 0 aliphatic carbocycles. The van der Waals surface area contributed by atoms with Crippen molar-refractivity contribution in [3.8, 4) is 0 Å². The third kappa shape index (κ3) is 5.92. The first-order valence-corrected chi connectivity index (χ1v) is 9.26. The van der Waals surface area contributed by atoms with Gasteiger partial charge in [0.15, 0.2) is 0 Å². The number of anilines is 1. The molecule has 2 amide bonds. The van der Waals surface area contributed by atoms with Crippen molar-refractivity contribution in [1.29, 1.82) is 0 Å². The van der Waals surface area contributed by atoms with Crippen molar-refractivity contribution in [3.63, 3.8) is 0 Å². The molecule has 150 valence electrons. The molecule has 0 spiro atoms. The van der Waals surface area contributed by atoms with Gasteiger partial charge in [-0.25, -0.2) is 4.39 Å². The van der Waals surface area contributed by atoms with Gasteiger partial charge in [-0.3, -0.25) is 14.3 Å². The molecule has 8 heteroatoms. The van der Waals surface area contributed by atoms with Crippen LogP contribution in [0.15, 0.2) is 30.3 Å². The van der Waals surface area contributed by atoms with Crippen LogP contribution in [0.25, 0.3) is 6.08 Å². The molecule has 0 unspecified atom stereocenters. The molecule has 2 rings (SSSR count). The summed E-state index contributed by atoms with van der Waals surface area (Å²) in [5.74, 6) is -0.724. The fourth-order valence-corrected chi connectivity index (χ4v) is 2.84. The molecule has 2 aromatic rings. The van der Waals surface area contributed by atoms with E-state index in [0.29, 0.717) is 28.9 Å². The topological polar surface area (TPSA) is 67.2 Å². The van der Waals surface area contributed by atoms with Crippen LogP contribution in [-0.4, -0.2) is 40.1 Å². The molecule has 1 aromatic heterocycles. The van der Waals surface area contributed by atoms with Crippen molar-refractivity contribution < 1.29 is 14.0 Å². The summed E-state index contributed by atoms with van der Waals surface area (Å²) in [4.78, 5) is 25.6. The second-order valence-electron chi connectivity index (χ2n) is 6.95. The Kier molecular flexibility index (Phi) is 7.34. The maximum atomic E-state index is 12.9. The number of carbonyl (C=O) groups excluding carboxylic acids is 2. The minimum atomic E-state index is -0.388. The zero-order valence-corrected chi connectivity index (χ0v) is 17.1. The van der Waals surface area contributed by atoms with Crippen LogP contribution in [-0.2, 0) is 16.1 Å². The Morgan fingerprint density at radius 2 is 1.96 bits per heavy atom. The average Bonchev–Trinajstić information content (AvgIpc) is 2.87. The van der Waals surface area contributed by atoms with Crippen LogP contribution in [0.1, 0.15) is 25.1 Å². The molecule has 0 fully saturated rings. The van der Waals surface area contributed by atoms with Gasteiger partial charge in [-0.2, -0.15) is 5.10 Å². The highest BCUT2D eigenvalue weighted by Gasteiger charge is 2.14. The normalized spacial score (nSPS) is 11.2. The van der Waals surface area contributed by atoms with Crippen molar-refractivity contribution in [2.45, 2.75) is 27.3 Å². The second-order valence-corrected chi connectivity index (χ2v) is 7.31. The van der Waals surface area contributed by atoms with E-state index in [-0.39, 0.29) is 24.2 Å². The number of rotatable bonds is 7. The molecule has 0 bridgehead atoms. The fourth-order valence-electron chi connectivity index (χ4n) is 2.53. The second kappa shape index (κ2) is 9.50. The summed E-state index contributed by atoms with van der Waals surface area (Å²) in [7, 11) is 1.52. The van der Waals surface area contributed by atoms with Gasteiger partial charge in [0.1, 0.15) is 11.0 Å². The minimum absolute atomic E-state index is 0.139. The summed E-state index contributed by atoms with van der Waals surface area (Å²) >= 11 is 6.36. The third-order valence-corrected chi connectivity index (χ3v) is 4.32. The Morgan fingerprint density at radius 1 is 1.32 bits per heavy atom. The van der Waals surface area contributed by atoms with Gasteiger partial charge in [0.05, 0.1) is 12.2 Å². The molecule has 0 radical (unpaired) electrons. The SMILES string of the molecule is Cc1nn(CC(C)C)c(Cl)c1/C=C/C(=O)N(C)CC(=O)Nc1ccc(F)cc1. The molecule has 6 nitrogen and oxygen atoms in total. The molecule has 0 aliphatic rings. The molecule has 0 saturated carbocycles. The van der Waals surface area contributed by atoms with Crippen LogP contribution in [0.4, 0.5) is 10.1 Å². The first-order valence-electron chi connectivity index (χ1n) is 8.89.